The van der Waals surface area contributed by atoms with Crippen molar-refractivity contribution < 1.29 is 9.53 Å². The number of aromatic amines is 1. The molecule has 0 saturated heterocycles. The quantitative estimate of drug-likeness (QED) is 0.319. The Morgan fingerprint density at radius 2 is 1.86 bits per heavy atom. The minimum absolute atomic E-state index is 0.225. The van der Waals surface area contributed by atoms with Crippen LogP contribution in [-0.4, -0.2) is 26.7 Å². The molecule has 1 aliphatic heterocycles. The average Bonchev–Trinajstić information content (AvgIpc) is 3.24. The Morgan fingerprint density at radius 3 is 2.54 bits per heavy atom. The molecule has 0 spiro atoms. The topological polar surface area (TPSA) is 79.9 Å². The number of hydrogen-bond donors (Lipinski definition) is 2. The van der Waals surface area contributed by atoms with Crippen molar-refractivity contribution in [2.24, 2.45) is 0 Å². The van der Waals surface area contributed by atoms with Crippen molar-refractivity contribution in [2.45, 2.75) is 38.8 Å². The van der Waals surface area contributed by atoms with Crippen molar-refractivity contribution in [3.8, 4) is 28.3 Å². The number of rotatable bonds is 4. The molecule has 0 bridgehead atoms. The Kier molecular flexibility index (Phi) is 6.03. The smallest absolute Gasteiger partial charge is 0.270 e. The number of fused-ring (bicyclic) bond motifs is 1. The summed E-state index contributed by atoms with van der Waals surface area (Å²) < 4.78 is 6.31. The highest BCUT2D eigenvalue weighted by Crippen LogP contribution is 2.44. The lowest BCUT2D eigenvalue weighted by Gasteiger charge is -2.37. The number of H-pyrrole nitrogens is 1. The van der Waals surface area contributed by atoms with E-state index in [-0.39, 0.29) is 11.9 Å². The molecule has 6 nitrogen and oxygen atoms in total. The van der Waals surface area contributed by atoms with E-state index < -0.39 is 5.60 Å². The third-order valence-electron chi connectivity index (χ3n) is 6.10. The van der Waals surface area contributed by atoms with Crippen molar-refractivity contribution in [1.82, 2.24) is 20.5 Å². The number of ether oxygens (including phenoxy) is 1. The lowest BCUT2D eigenvalue weighted by atomic mass is 9.88. The highest BCUT2D eigenvalue weighted by molar-refractivity contribution is 6.33. The molecule has 178 valence electrons. The van der Waals surface area contributed by atoms with Crippen molar-refractivity contribution in [3.05, 3.63) is 87.7 Å². The van der Waals surface area contributed by atoms with Gasteiger partial charge >= 0.3 is 0 Å². The average molecular weight is 507 g/mol. The highest BCUT2D eigenvalue weighted by Gasteiger charge is 2.37. The Balaban J connectivity index is 1.67. The predicted molar refractivity (Wildman–Crippen MR) is 138 cm³/mol. The van der Waals surface area contributed by atoms with Gasteiger partial charge in [0.1, 0.15) is 11.3 Å². The summed E-state index contributed by atoms with van der Waals surface area (Å²) in [5, 5.41) is 11.1. The Labute approximate surface area is 213 Å². The van der Waals surface area contributed by atoms with Gasteiger partial charge < -0.3 is 10.1 Å². The van der Waals surface area contributed by atoms with E-state index in [0.29, 0.717) is 33.7 Å². The van der Waals surface area contributed by atoms with E-state index in [4.69, 9.17) is 32.9 Å². The van der Waals surface area contributed by atoms with Gasteiger partial charge in [-0.05, 0) is 56.2 Å². The number of amides is 1. The van der Waals surface area contributed by atoms with E-state index in [9.17, 15) is 4.79 Å². The van der Waals surface area contributed by atoms with Gasteiger partial charge in [0.05, 0.1) is 17.9 Å². The van der Waals surface area contributed by atoms with Gasteiger partial charge in [-0.25, -0.2) is 4.98 Å². The molecule has 1 atom stereocenters. The van der Waals surface area contributed by atoms with E-state index in [1.165, 1.54) is 0 Å². The number of nitrogens with zero attached hydrogens (tertiary/aromatic N) is 2. The van der Waals surface area contributed by atoms with Crippen LogP contribution in [0, 0.1) is 6.92 Å². The zero-order valence-electron chi connectivity index (χ0n) is 19.5. The van der Waals surface area contributed by atoms with Crippen LogP contribution in [-0.2, 0) is 0 Å². The molecule has 0 fully saturated rings. The molecule has 8 heteroatoms. The zero-order valence-corrected chi connectivity index (χ0v) is 21.0. The summed E-state index contributed by atoms with van der Waals surface area (Å²) in [7, 11) is 0. The summed E-state index contributed by atoms with van der Waals surface area (Å²) in [6.45, 7) is 5.82. The minimum Gasteiger partial charge on any atom is -0.471 e. The van der Waals surface area contributed by atoms with E-state index >= 15 is 0 Å². The summed E-state index contributed by atoms with van der Waals surface area (Å²) in [6.07, 6.45) is 2.21. The number of carbonyl (C=O) groups is 1. The second-order valence-electron chi connectivity index (χ2n) is 9.29. The number of nitrogens with one attached hydrogen (secondary N) is 2. The van der Waals surface area contributed by atoms with Crippen LogP contribution < -0.4 is 10.1 Å². The molecule has 1 aliphatic rings. The first-order valence-electron chi connectivity index (χ1n) is 11.3. The van der Waals surface area contributed by atoms with E-state index in [0.717, 1.165) is 27.8 Å². The highest BCUT2D eigenvalue weighted by atomic mass is 35.5. The number of benzene rings is 2. The molecule has 2 aromatic heterocycles. The molecule has 2 N–H and O–H groups in total. The second kappa shape index (κ2) is 9.02. The normalized spacial score (nSPS) is 16.3. The summed E-state index contributed by atoms with van der Waals surface area (Å²) in [4.78, 5) is 18.0. The van der Waals surface area contributed by atoms with Gasteiger partial charge in [-0.3, -0.25) is 9.89 Å². The lowest BCUT2D eigenvalue weighted by molar-refractivity contribution is 0.0571. The van der Waals surface area contributed by atoms with Crippen LogP contribution in [0.3, 0.4) is 0 Å². The first kappa shape index (κ1) is 23.4. The molecular formula is C27H24Cl2N4O2. The monoisotopic (exact) mass is 506 g/mol. The summed E-state index contributed by atoms with van der Waals surface area (Å²) >= 11 is 12.7. The molecule has 0 unspecified atom stereocenters. The number of aryl methyl sites for hydroxylation is 1. The maximum atomic E-state index is 13.1. The first-order chi connectivity index (χ1) is 16.7. The molecule has 4 aromatic rings. The largest absolute Gasteiger partial charge is 0.471 e. The molecule has 0 aliphatic carbocycles. The van der Waals surface area contributed by atoms with Gasteiger partial charge in [0.25, 0.3) is 5.91 Å². The van der Waals surface area contributed by atoms with E-state index in [1.54, 1.807) is 6.20 Å². The SMILES string of the molecule is Cc1cn[nH]c1C(=O)N[C@@H]1CC(C)(C)Oc2nc(-c3ccccc3Cl)c(-c3ccc(Cl)cc3)cc21. The van der Waals surface area contributed by atoms with E-state index in [2.05, 4.69) is 15.5 Å². The third kappa shape index (κ3) is 4.64. The molecule has 3 heterocycles. The number of halogens is 2. The van der Waals surface area contributed by atoms with Gasteiger partial charge in [0, 0.05) is 33.2 Å². The number of pyridine rings is 1. The Morgan fingerprint density at radius 1 is 1.11 bits per heavy atom. The second-order valence-corrected chi connectivity index (χ2v) is 10.1. The van der Waals surface area contributed by atoms with Crippen LogP contribution in [0.4, 0.5) is 0 Å². The van der Waals surface area contributed by atoms with Crippen LogP contribution in [0.5, 0.6) is 5.88 Å². The minimum atomic E-state index is -0.541. The van der Waals surface area contributed by atoms with Gasteiger partial charge in [-0.2, -0.15) is 5.10 Å². The fourth-order valence-electron chi connectivity index (χ4n) is 4.39. The van der Waals surface area contributed by atoms with Gasteiger partial charge in [-0.1, -0.05) is 53.5 Å². The van der Waals surface area contributed by atoms with Crippen molar-refractivity contribution in [3.63, 3.8) is 0 Å². The van der Waals surface area contributed by atoms with Gasteiger partial charge in [0.2, 0.25) is 5.88 Å². The van der Waals surface area contributed by atoms with Crippen molar-refractivity contribution in [1.29, 1.82) is 0 Å². The standard InChI is InChI=1S/C27H24Cl2N4O2/c1-15-14-30-33-23(15)25(34)31-22-13-27(2,3)35-26-20(22)12-19(16-8-10-17(28)11-9-16)24(32-26)18-6-4-5-7-21(18)29/h4-12,14,22H,13H2,1-3H3,(H,30,33)(H,31,34)/t22-/m1/s1. The molecule has 5 rings (SSSR count). The van der Waals surface area contributed by atoms with Gasteiger partial charge in [-0.15, -0.1) is 0 Å². The third-order valence-corrected chi connectivity index (χ3v) is 6.69. The first-order valence-corrected chi connectivity index (χ1v) is 12.0. The molecule has 1 amide bonds. The van der Waals surface area contributed by atoms with E-state index in [1.807, 2.05) is 75.4 Å². The van der Waals surface area contributed by atoms with Crippen molar-refractivity contribution >= 4 is 29.1 Å². The predicted octanol–water partition coefficient (Wildman–Crippen LogP) is 6.79. The lowest BCUT2D eigenvalue weighted by Crippen LogP contribution is -2.42. The van der Waals surface area contributed by atoms with Crippen molar-refractivity contribution in [2.75, 3.05) is 0 Å². The van der Waals surface area contributed by atoms with Crippen LogP contribution in [0.25, 0.3) is 22.4 Å². The molecule has 0 radical (unpaired) electrons. The molecule has 2 aromatic carbocycles. The summed E-state index contributed by atoms with van der Waals surface area (Å²) in [5.74, 6) is 0.248. The van der Waals surface area contributed by atoms with Crippen LogP contribution in [0.15, 0.2) is 60.8 Å². The Hall–Kier alpha value is -3.35. The maximum Gasteiger partial charge on any atom is 0.270 e. The Bertz CT molecular complexity index is 1410. The zero-order chi connectivity index (χ0) is 24.7. The maximum absolute atomic E-state index is 13.1. The van der Waals surface area contributed by atoms with Crippen LogP contribution in [0.1, 0.15) is 47.9 Å². The number of carbonyl (C=O) groups excluding carboxylic acids is 1. The molecular weight excluding hydrogens is 483 g/mol. The summed E-state index contributed by atoms with van der Waals surface area (Å²) in [5.41, 5.74) is 4.77. The number of hydrogen-bond acceptors (Lipinski definition) is 4. The molecule has 0 saturated carbocycles. The van der Waals surface area contributed by atoms with Gasteiger partial charge in [0.15, 0.2) is 0 Å². The molecule has 35 heavy (non-hydrogen) atoms. The summed E-state index contributed by atoms with van der Waals surface area (Å²) in [6, 6.07) is 16.9. The van der Waals surface area contributed by atoms with Crippen LogP contribution >= 0.6 is 23.2 Å². The van der Waals surface area contributed by atoms with Crippen LogP contribution in [0.2, 0.25) is 10.0 Å². The number of aromatic nitrogens is 3. The fourth-order valence-corrected chi connectivity index (χ4v) is 4.74. The fraction of sp³-hybridized carbons (Fsp3) is 0.222.